The van der Waals surface area contributed by atoms with Crippen LogP contribution in [0.2, 0.25) is 0 Å². The van der Waals surface area contributed by atoms with Gasteiger partial charge in [-0.3, -0.25) is 0 Å². The fourth-order valence-electron chi connectivity index (χ4n) is 8.30. The Kier molecular flexibility index (Phi) is 19.4. The number of aliphatic hydroxyl groups excluding tert-OH is 20. The first-order valence-electron chi connectivity index (χ1n) is 21.1. The van der Waals surface area contributed by atoms with Crippen molar-refractivity contribution in [3.8, 4) is 0 Å². The second-order valence-corrected chi connectivity index (χ2v) is 16.8. The van der Waals surface area contributed by atoms with Gasteiger partial charge in [0.2, 0.25) is 0 Å². The van der Waals surface area contributed by atoms with Gasteiger partial charge in [0.25, 0.3) is 0 Å². The first-order valence-corrected chi connectivity index (χ1v) is 21.1. The van der Waals surface area contributed by atoms with Crippen molar-refractivity contribution in [2.24, 2.45) is 0 Å². The van der Waals surface area contributed by atoms with Gasteiger partial charge in [0.05, 0.1) is 39.6 Å². The lowest BCUT2D eigenvalue weighted by atomic mass is 9.94. The monoisotopic (exact) mass is 990 g/mol. The van der Waals surface area contributed by atoms with Gasteiger partial charge in [0, 0.05) is 0 Å². The molecule has 0 spiro atoms. The van der Waals surface area contributed by atoms with E-state index in [-0.39, 0.29) is 0 Å². The molecule has 67 heavy (non-hydrogen) atoms. The number of hydrogen-bond acceptors (Lipinski definition) is 31. The van der Waals surface area contributed by atoms with Crippen LogP contribution in [-0.2, 0) is 52.1 Å². The molecule has 392 valence electrons. The average Bonchev–Trinajstić information content (AvgIpc) is 3.32. The van der Waals surface area contributed by atoms with E-state index in [2.05, 4.69) is 0 Å². The molecule has 0 bridgehead atoms. The van der Waals surface area contributed by atoms with Gasteiger partial charge >= 0.3 is 0 Å². The SMILES string of the molecule is OC[C@H]1OC(OC[C@H]2O[C@H](OC3O[C@H](CO)[C@H](O)[C@H](O)[C@H]3O)[C@H](OC3O[C@H](CO)[C@H](O)[C@H](O)[C@H]3O)[C@@H](OC3O[C@H](CO)[C@H](O)[C@H](O)[C@H]3O)[C@@H]2OC2O[C@H](CO)[C@H](O)[C@H](O)[C@H]2O)[C@H](O)[C@@H](O)[C@H]1O. The van der Waals surface area contributed by atoms with Crippen LogP contribution < -0.4 is 0 Å². The van der Waals surface area contributed by atoms with Crippen molar-refractivity contribution in [1.29, 1.82) is 0 Å². The molecule has 20 N–H and O–H groups in total. The minimum atomic E-state index is -2.30. The third kappa shape index (κ3) is 11.4. The molecule has 6 aliphatic rings. The Balaban J connectivity index is 1.48. The molecule has 6 rings (SSSR count). The Labute approximate surface area is 378 Å². The first-order chi connectivity index (χ1) is 31.7. The van der Waals surface area contributed by atoms with E-state index in [0.29, 0.717) is 0 Å². The van der Waals surface area contributed by atoms with E-state index in [9.17, 15) is 102 Å². The number of hydrogen-bond donors (Lipinski definition) is 20. The predicted molar refractivity (Wildman–Crippen MR) is 199 cm³/mol. The normalized spacial score (nSPS) is 53.4. The van der Waals surface area contributed by atoms with Crippen molar-refractivity contribution >= 4 is 0 Å². The predicted octanol–water partition coefficient (Wildman–Crippen LogP) is -14.1. The van der Waals surface area contributed by atoms with Crippen LogP contribution in [-0.4, -0.2) is 326 Å². The Morgan fingerprint density at radius 3 is 0.821 bits per heavy atom. The Morgan fingerprint density at radius 2 is 0.493 bits per heavy atom. The molecule has 6 aliphatic heterocycles. The van der Waals surface area contributed by atoms with Crippen LogP contribution in [0.3, 0.4) is 0 Å². The zero-order valence-electron chi connectivity index (χ0n) is 35.0. The van der Waals surface area contributed by atoms with Gasteiger partial charge in [-0.15, -0.1) is 0 Å². The van der Waals surface area contributed by atoms with Crippen molar-refractivity contribution in [3.63, 3.8) is 0 Å². The molecule has 31 heteroatoms. The molecule has 30 atom stereocenters. The highest BCUT2D eigenvalue weighted by molar-refractivity contribution is 5.00. The fourth-order valence-corrected chi connectivity index (χ4v) is 8.30. The van der Waals surface area contributed by atoms with Crippen molar-refractivity contribution in [2.75, 3.05) is 39.6 Å². The summed E-state index contributed by atoms with van der Waals surface area (Å²) in [7, 11) is 0. The van der Waals surface area contributed by atoms with Crippen LogP contribution >= 0.6 is 0 Å². The van der Waals surface area contributed by atoms with Crippen LogP contribution in [0.5, 0.6) is 0 Å². The maximum Gasteiger partial charge on any atom is 0.190 e. The summed E-state index contributed by atoms with van der Waals surface area (Å²) in [5.41, 5.74) is 0. The minimum absolute atomic E-state index is 0.922. The molecule has 6 saturated heterocycles. The Hall–Kier alpha value is -1.24. The highest BCUT2D eigenvalue weighted by atomic mass is 16.8. The van der Waals surface area contributed by atoms with Crippen LogP contribution in [0.4, 0.5) is 0 Å². The highest BCUT2D eigenvalue weighted by Gasteiger charge is 2.59. The Bertz CT molecular complexity index is 1500. The van der Waals surface area contributed by atoms with Crippen molar-refractivity contribution in [1.82, 2.24) is 0 Å². The molecule has 0 aromatic carbocycles. The second kappa shape index (κ2) is 23.5. The van der Waals surface area contributed by atoms with Gasteiger partial charge in [0.1, 0.15) is 146 Å². The molecule has 0 amide bonds. The van der Waals surface area contributed by atoms with Gasteiger partial charge in [0.15, 0.2) is 37.7 Å². The molecule has 0 aliphatic carbocycles. The number of rotatable bonds is 16. The number of ether oxygens (including phenoxy) is 11. The van der Waals surface area contributed by atoms with Gasteiger partial charge in [-0.05, 0) is 0 Å². The highest BCUT2D eigenvalue weighted by Crippen LogP contribution is 2.39. The molecule has 0 saturated carbocycles. The molecule has 5 unspecified atom stereocenters. The lowest BCUT2D eigenvalue weighted by Crippen LogP contribution is -2.70. The summed E-state index contributed by atoms with van der Waals surface area (Å²) >= 11 is 0. The van der Waals surface area contributed by atoms with E-state index in [0.717, 1.165) is 0 Å². The maximum absolute atomic E-state index is 11.2. The van der Waals surface area contributed by atoms with Crippen LogP contribution in [0.15, 0.2) is 0 Å². The quantitative estimate of drug-likeness (QED) is 0.0683. The zero-order chi connectivity index (χ0) is 49.3. The largest absolute Gasteiger partial charge is 0.394 e. The van der Waals surface area contributed by atoms with Gasteiger partial charge < -0.3 is 154 Å². The summed E-state index contributed by atoms with van der Waals surface area (Å²) in [4.78, 5) is 0. The molecule has 0 aromatic rings. The molecular formula is C36H62O31. The van der Waals surface area contributed by atoms with Crippen LogP contribution in [0.25, 0.3) is 0 Å². The van der Waals surface area contributed by atoms with Crippen molar-refractivity contribution in [3.05, 3.63) is 0 Å². The molecule has 6 heterocycles. The topological polar surface area (TPSA) is 506 Å². The standard InChI is InChI=1S/C36H62O31/c37-1-7-13(42)18(47)23(52)31(58-7)57-6-12-28(64-32-24(53)19(48)14(43)8(2-38)59-32)29(65-33-25(54)20(49)15(44)9(3-39)60-33)30(66-34-26(55)21(50)16(45)10(4-40)61-34)36(63-12)67-35-27(56)22(51)17(46)11(5-41)62-35/h7-56H,1-6H2/t7-,8-,9-,10-,11-,12-,13+,14+,15+,16+,17+,18+,19+,20+,21+,22+,23-,24-,25-,26-,27-,28-,29+,30-,31?,32?,33?,34?,35?,36-/m1/s1. The van der Waals surface area contributed by atoms with Gasteiger partial charge in [-0.1, -0.05) is 0 Å². The lowest BCUT2D eigenvalue weighted by Gasteiger charge is -2.52. The summed E-state index contributed by atoms with van der Waals surface area (Å²) in [5, 5.41) is 211. The Morgan fingerprint density at radius 1 is 0.239 bits per heavy atom. The lowest BCUT2D eigenvalue weighted by molar-refractivity contribution is -0.429. The smallest absolute Gasteiger partial charge is 0.190 e. The summed E-state index contributed by atoms with van der Waals surface area (Å²) < 4.78 is 63.9. The summed E-state index contributed by atoms with van der Waals surface area (Å²) in [6.45, 7) is -5.98. The zero-order valence-corrected chi connectivity index (χ0v) is 35.0. The maximum atomic E-state index is 11.2. The van der Waals surface area contributed by atoms with E-state index in [4.69, 9.17) is 52.1 Å². The summed E-state index contributed by atoms with van der Waals surface area (Å²) in [5.74, 6) is 0. The van der Waals surface area contributed by atoms with Crippen molar-refractivity contribution < 1.29 is 154 Å². The third-order valence-electron chi connectivity index (χ3n) is 12.4. The van der Waals surface area contributed by atoms with Gasteiger partial charge in [-0.25, -0.2) is 0 Å². The van der Waals surface area contributed by atoms with E-state index >= 15 is 0 Å². The van der Waals surface area contributed by atoms with E-state index in [1.165, 1.54) is 0 Å². The van der Waals surface area contributed by atoms with Crippen LogP contribution in [0.1, 0.15) is 0 Å². The van der Waals surface area contributed by atoms with E-state index < -0.39 is 224 Å². The van der Waals surface area contributed by atoms with E-state index in [1.54, 1.807) is 0 Å². The van der Waals surface area contributed by atoms with Crippen molar-refractivity contribution in [2.45, 2.75) is 184 Å². The van der Waals surface area contributed by atoms with Gasteiger partial charge in [-0.2, -0.15) is 0 Å². The molecule has 0 aromatic heterocycles. The summed E-state index contributed by atoms with van der Waals surface area (Å²) in [6.07, 6.45) is -61.2. The molecule has 6 fully saturated rings. The molecular weight excluding hydrogens is 928 g/mol. The third-order valence-corrected chi connectivity index (χ3v) is 12.4. The molecule has 0 radical (unpaired) electrons. The second-order valence-electron chi connectivity index (χ2n) is 16.8. The first kappa shape index (κ1) is 55.1. The average molecular weight is 991 g/mol. The summed E-state index contributed by atoms with van der Waals surface area (Å²) in [6, 6.07) is 0. The van der Waals surface area contributed by atoms with Crippen LogP contribution in [0, 0.1) is 0 Å². The fraction of sp³-hybridized carbons (Fsp3) is 1.00. The van der Waals surface area contributed by atoms with E-state index in [1.807, 2.05) is 0 Å². The molecule has 31 nitrogen and oxygen atoms in total. The minimum Gasteiger partial charge on any atom is -0.394 e. The number of aliphatic hydroxyl groups is 20.